The van der Waals surface area contributed by atoms with Crippen molar-refractivity contribution in [2.24, 2.45) is 0 Å². The van der Waals surface area contributed by atoms with E-state index in [-0.39, 0.29) is 11.8 Å². The van der Waals surface area contributed by atoms with Crippen LogP contribution in [0.4, 0.5) is 10.8 Å². The Balaban J connectivity index is 1.69. The molecule has 124 valence electrons. The van der Waals surface area contributed by atoms with Crippen molar-refractivity contribution in [1.29, 1.82) is 0 Å². The monoisotopic (exact) mass is 339 g/mol. The average molecular weight is 339 g/mol. The van der Waals surface area contributed by atoms with Gasteiger partial charge in [0.15, 0.2) is 10.9 Å². The molecule has 0 saturated carbocycles. The molecule has 0 fully saturated rings. The first-order chi connectivity index (χ1) is 11.7. The van der Waals surface area contributed by atoms with Crippen molar-refractivity contribution in [2.75, 3.05) is 11.9 Å². The molecule has 0 aliphatic rings. The van der Waals surface area contributed by atoms with Crippen LogP contribution in [0.2, 0.25) is 0 Å². The fourth-order valence-corrected chi connectivity index (χ4v) is 3.36. The predicted molar refractivity (Wildman–Crippen MR) is 101 cm³/mol. The standard InChI is InChI=1S/C19H21N3OS/c1-3-12-20-13(2)18(23)14-8-10-15(11-9-14)21-19-22-16-6-4-5-7-17(16)24-19/h4-11,13,20H,3,12H2,1-2H3,(H,21,22). The van der Waals surface area contributed by atoms with Crippen LogP contribution in [0.1, 0.15) is 30.6 Å². The van der Waals surface area contributed by atoms with E-state index in [1.165, 1.54) is 0 Å². The topological polar surface area (TPSA) is 54.0 Å². The van der Waals surface area contributed by atoms with Crippen LogP contribution in [0.15, 0.2) is 48.5 Å². The van der Waals surface area contributed by atoms with E-state index >= 15 is 0 Å². The van der Waals surface area contributed by atoms with Crippen molar-refractivity contribution in [1.82, 2.24) is 10.3 Å². The van der Waals surface area contributed by atoms with Crippen molar-refractivity contribution < 1.29 is 4.79 Å². The molecule has 24 heavy (non-hydrogen) atoms. The molecule has 0 aliphatic heterocycles. The highest BCUT2D eigenvalue weighted by atomic mass is 32.1. The van der Waals surface area contributed by atoms with Crippen LogP contribution in [0.5, 0.6) is 0 Å². The zero-order valence-electron chi connectivity index (χ0n) is 13.9. The minimum absolute atomic E-state index is 0.120. The number of nitrogens with zero attached hydrogens (tertiary/aromatic N) is 1. The molecule has 1 heterocycles. The molecule has 0 saturated heterocycles. The number of rotatable bonds is 7. The Morgan fingerprint density at radius 3 is 2.62 bits per heavy atom. The van der Waals surface area contributed by atoms with Gasteiger partial charge in [0, 0.05) is 11.3 Å². The van der Waals surface area contributed by atoms with Crippen LogP contribution in [0.25, 0.3) is 10.2 Å². The van der Waals surface area contributed by atoms with Crippen LogP contribution in [-0.2, 0) is 0 Å². The molecule has 0 bridgehead atoms. The highest BCUT2D eigenvalue weighted by molar-refractivity contribution is 7.22. The summed E-state index contributed by atoms with van der Waals surface area (Å²) in [5.74, 6) is 0.120. The molecule has 3 aromatic rings. The lowest BCUT2D eigenvalue weighted by molar-refractivity contribution is 0.0951. The number of Topliss-reactive ketones (excluding diaryl/α,β-unsaturated/α-hetero) is 1. The number of carbonyl (C=O) groups is 1. The number of hydrogen-bond donors (Lipinski definition) is 2. The number of aromatic nitrogens is 1. The minimum atomic E-state index is -0.159. The number of anilines is 2. The second-order valence-corrected chi connectivity index (χ2v) is 6.76. The van der Waals surface area contributed by atoms with E-state index in [9.17, 15) is 4.79 Å². The summed E-state index contributed by atoms with van der Waals surface area (Å²) in [5, 5.41) is 7.38. The third-order valence-electron chi connectivity index (χ3n) is 3.81. The van der Waals surface area contributed by atoms with Gasteiger partial charge in [0.05, 0.1) is 16.3 Å². The van der Waals surface area contributed by atoms with E-state index in [1.54, 1.807) is 11.3 Å². The van der Waals surface area contributed by atoms with Gasteiger partial charge in [0.1, 0.15) is 0 Å². The number of carbonyl (C=O) groups excluding carboxylic acids is 1. The van der Waals surface area contributed by atoms with E-state index in [4.69, 9.17) is 0 Å². The van der Waals surface area contributed by atoms with Gasteiger partial charge in [0.25, 0.3) is 0 Å². The first kappa shape index (κ1) is 16.6. The second-order valence-electron chi connectivity index (χ2n) is 5.73. The molecule has 5 heteroatoms. The third-order valence-corrected chi connectivity index (χ3v) is 4.76. The fraction of sp³-hybridized carbons (Fsp3) is 0.263. The maximum atomic E-state index is 12.3. The lowest BCUT2D eigenvalue weighted by atomic mass is 10.1. The van der Waals surface area contributed by atoms with Gasteiger partial charge in [-0.25, -0.2) is 4.98 Å². The Hall–Kier alpha value is -2.24. The first-order valence-electron chi connectivity index (χ1n) is 8.17. The van der Waals surface area contributed by atoms with Crippen LogP contribution in [-0.4, -0.2) is 23.4 Å². The molecule has 4 nitrogen and oxygen atoms in total. The molecule has 1 unspecified atom stereocenters. The van der Waals surface area contributed by atoms with Crippen LogP contribution < -0.4 is 10.6 Å². The lowest BCUT2D eigenvalue weighted by Gasteiger charge is -2.12. The molecular formula is C19H21N3OS. The summed E-state index contributed by atoms with van der Waals surface area (Å²) in [6.45, 7) is 4.85. The highest BCUT2D eigenvalue weighted by Crippen LogP contribution is 2.28. The maximum absolute atomic E-state index is 12.3. The van der Waals surface area contributed by atoms with Crippen molar-refractivity contribution in [3.8, 4) is 0 Å². The fourth-order valence-electron chi connectivity index (χ4n) is 2.47. The largest absolute Gasteiger partial charge is 0.332 e. The van der Waals surface area contributed by atoms with Gasteiger partial charge >= 0.3 is 0 Å². The summed E-state index contributed by atoms with van der Waals surface area (Å²) in [5.41, 5.74) is 2.65. The molecule has 2 aromatic carbocycles. The molecule has 1 aromatic heterocycles. The Labute approximate surface area is 145 Å². The molecule has 3 rings (SSSR count). The van der Waals surface area contributed by atoms with Crippen LogP contribution in [0, 0.1) is 0 Å². The molecule has 0 radical (unpaired) electrons. The predicted octanol–water partition coefficient (Wildman–Crippen LogP) is 4.61. The van der Waals surface area contributed by atoms with E-state index in [2.05, 4.69) is 28.6 Å². The molecule has 0 spiro atoms. The minimum Gasteiger partial charge on any atom is -0.332 e. The van der Waals surface area contributed by atoms with Gasteiger partial charge < -0.3 is 10.6 Å². The van der Waals surface area contributed by atoms with Gasteiger partial charge in [-0.2, -0.15) is 0 Å². The Bertz CT molecular complexity index is 793. The van der Waals surface area contributed by atoms with Gasteiger partial charge in [-0.15, -0.1) is 0 Å². The van der Waals surface area contributed by atoms with Crippen LogP contribution in [0.3, 0.4) is 0 Å². The molecule has 2 N–H and O–H groups in total. The number of thiazole rings is 1. The number of ketones is 1. The molecule has 0 amide bonds. The normalized spacial score (nSPS) is 12.2. The van der Waals surface area contributed by atoms with E-state index < -0.39 is 0 Å². The number of fused-ring (bicyclic) bond motifs is 1. The van der Waals surface area contributed by atoms with Crippen molar-refractivity contribution in [3.05, 3.63) is 54.1 Å². The Morgan fingerprint density at radius 2 is 1.92 bits per heavy atom. The average Bonchev–Trinajstić information content (AvgIpc) is 3.02. The maximum Gasteiger partial charge on any atom is 0.188 e. The second kappa shape index (κ2) is 7.55. The van der Waals surface area contributed by atoms with Crippen molar-refractivity contribution in [2.45, 2.75) is 26.3 Å². The molecular weight excluding hydrogens is 318 g/mol. The van der Waals surface area contributed by atoms with Crippen molar-refractivity contribution in [3.63, 3.8) is 0 Å². The summed E-state index contributed by atoms with van der Waals surface area (Å²) in [4.78, 5) is 16.9. The quantitative estimate of drug-likeness (QED) is 0.617. The lowest BCUT2D eigenvalue weighted by Crippen LogP contribution is -2.34. The van der Waals surface area contributed by atoms with Gasteiger partial charge in [0.2, 0.25) is 0 Å². The highest BCUT2D eigenvalue weighted by Gasteiger charge is 2.14. The smallest absolute Gasteiger partial charge is 0.188 e. The van der Waals surface area contributed by atoms with Gasteiger partial charge in [-0.3, -0.25) is 4.79 Å². The summed E-state index contributed by atoms with van der Waals surface area (Å²) < 4.78 is 1.16. The first-order valence-corrected chi connectivity index (χ1v) is 8.99. The van der Waals surface area contributed by atoms with Crippen LogP contribution >= 0.6 is 11.3 Å². The molecule has 0 aliphatic carbocycles. The summed E-state index contributed by atoms with van der Waals surface area (Å²) in [7, 11) is 0. The number of hydrogen-bond acceptors (Lipinski definition) is 5. The SMILES string of the molecule is CCCNC(C)C(=O)c1ccc(Nc2nc3ccccc3s2)cc1. The zero-order chi connectivity index (χ0) is 16.9. The van der Waals surface area contributed by atoms with Gasteiger partial charge in [-0.05, 0) is 56.3 Å². The number of para-hydroxylation sites is 1. The zero-order valence-corrected chi connectivity index (χ0v) is 14.7. The Kier molecular flexibility index (Phi) is 5.23. The Morgan fingerprint density at radius 1 is 1.17 bits per heavy atom. The summed E-state index contributed by atoms with van der Waals surface area (Å²) in [6.07, 6.45) is 1.02. The van der Waals surface area contributed by atoms with E-state index in [1.807, 2.05) is 49.4 Å². The van der Waals surface area contributed by atoms with E-state index in [0.29, 0.717) is 0 Å². The van der Waals surface area contributed by atoms with Crippen molar-refractivity contribution >= 4 is 38.2 Å². The summed E-state index contributed by atoms with van der Waals surface area (Å²) in [6, 6.07) is 15.5. The summed E-state index contributed by atoms with van der Waals surface area (Å²) >= 11 is 1.62. The molecule has 1 atom stereocenters. The third kappa shape index (κ3) is 3.80. The van der Waals surface area contributed by atoms with Gasteiger partial charge in [-0.1, -0.05) is 30.4 Å². The number of benzene rings is 2. The van der Waals surface area contributed by atoms with E-state index in [0.717, 1.165) is 39.6 Å². The number of nitrogens with one attached hydrogen (secondary N) is 2.